The molecule has 2 aromatic heterocycles. The van der Waals surface area contributed by atoms with Crippen molar-refractivity contribution in [2.24, 2.45) is 15.3 Å². The van der Waals surface area contributed by atoms with E-state index < -0.39 is 74.2 Å². The highest BCUT2D eigenvalue weighted by Crippen LogP contribution is 2.49. The van der Waals surface area contributed by atoms with Crippen molar-refractivity contribution >= 4 is 37.8 Å². The fourth-order valence-corrected chi connectivity index (χ4v) is 13.5. The van der Waals surface area contributed by atoms with E-state index in [-0.39, 0.29) is 110 Å². The first-order valence-electron chi connectivity index (χ1n) is 33.1. The standard InChI is InChI=1S/C71H71N18O14P/c1-5-89(6-2,7-3)103-104(99-44-61-58(98-42-47-26-30-49(31-27-47)66(91)55-21-13-9-17-51(55)37-77-83-73)34-63(101-61)86-33-32-62(81-70(86)95)80-67(92)56-22-14-10-18-52(56)38-78-84-74)102-59-35-64(87-40-45(4)68(93)88(71(87)96)69(94)57-23-15-11-19-53(57)39-79-85-75)100-60(59)43-97-41-46-24-28-48(29-25-46)65(90)54-20-12-8-16-50(54)36-76-82-72/h8-33,40,58-61,63-64H,5-7,34-39,41-44H2,1-4H3/q+1/p+1/t58-,59-,60+,61+,63+,64+,104?/m0/s1. The van der Waals surface area contributed by atoms with E-state index in [4.69, 9.17) is 54.6 Å². The maximum Gasteiger partial charge on any atom is 0.392 e. The third kappa shape index (κ3) is 18.3. The number of diazo groups is 1. The number of rotatable bonds is 34. The summed E-state index contributed by atoms with van der Waals surface area (Å²) < 4.78 is 50.0. The Kier molecular flexibility index (Phi) is 26.0. The van der Waals surface area contributed by atoms with E-state index in [2.05, 4.69) is 50.9 Å². The summed E-state index contributed by atoms with van der Waals surface area (Å²) >= 11 is 0. The van der Waals surface area contributed by atoms with Crippen LogP contribution in [0.1, 0.15) is 138 Å². The van der Waals surface area contributed by atoms with Gasteiger partial charge in [0.2, 0.25) is 0 Å². The van der Waals surface area contributed by atoms with Gasteiger partial charge in [-0.05, 0) is 95.9 Å². The van der Waals surface area contributed by atoms with Crippen molar-refractivity contribution in [3.63, 3.8) is 0 Å². The molecule has 0 aliphatic carbocycles. The zero-order valence-corrected chi connectivity index (χ0v) is 57.9. The summed E-state index contributed by atoms with van der Waals surface area (Å²) in [6.45, 7) is 7.79. The number of aryl methyl sites for hydroxylation is 1. The number of nitrogens with zero attached hydrogens (tertiary/aromatic N) is 17. The third-order valence-corrected chi connectivity index (χ3v) is 19.1. The first kappa shape index (κ1) is 75.3. The summed E-state index contributed by atoms with van der Waals surface area (Å²) in [7, 11) is -2.48. The van der Waals surface area contributed by atoms with Crippen LogP contribution in [0.2, 0.25) is 0 Å². The molecule has 2 aliphatic heterocycles. The van der Waals surface area contributed by atoms with Gasteiger partial charge in [0.1, 0.15) is 55.5 Å². The molecular weight excluding hydrogens is 1360 g/mol. The molecule has 1 N–H and O–H groups in total. The molecule has 1 radical (unpaired) electrons. The molecule has 1 unspecified atom stereocenters. The number of carbonyl (C=O) groups excluding carboxylic acids is 4. The largest absolute Gasteiger partial charge is 0.392 e. The number of ether oxygens (including phenoxy) is 4. The van der Waals surface area contributed by atoms with E-state index in [0.717, 1.165) is 4.57 Å². The summed E-state index contributed by atoms with van der Waals surface area (Å²) in [5.74, 6) is -2.20. The van der Waals surface area contributed by atoms with Crippen LogP contribution in [-0.2, 0) is 72.0 Å². The van der Waals surface area contributed by atoms with Crippen LogP contribution in [0.5, 0.6) is 0 Å². The van der Waals surface area contributed by atoms with E-state index in [1.54, 1.807) is 140 Å². The van der Waals surface area contributed by atoms with Gasteiger partial charge in [0.05, 0.1) is 58.3 Å². The lowest BCUT2D eigenvalue weighted by Crippen LogP contribution is -2.46. The number of ketones is 2. The lowest BCUT2D eigenvalue weighted by Gasteiger charge is -2.35. The van der Waals surface area contributed by atoms with Crippen molar-refractivity contribution in [2.45, 2.75) is 117 Å². The summed E-state index contributed by atoms with van der Waals surface area (Å²) in [4.78, 5) is 111. The Morgan fingerprint density at radius 3 is 1.66 bits per heavy atom. The van der Waals surface area contributed by atoms with E-state index in [9.17, 15) is 33.6 Å². The summed E-state index contributed by atoms with van der Waals surface area (Å²) in [6.07, 6.45) is -3.37. The lowest BCUT2D eigenvalue weighted by molar-refractivity contribution is -1.08. The average Bonchev–Trinajstić information content (AvgIpc) is 1.40. The Labute approximate surface area is 595 Å². The molecule has 10 rings (SSSR count). The van der Waals surface area contributed by atoms with Crippen molar-refractivity contribution in [3.05, 3.63) is 304 Å². The van der Waals surface area contributed by atoms with Crippen LogP contribution in [0.15, 0.2) is 194 Å². The molecular formula is C71H72N18O14P+2. The Morgan fingerprint density at radius 2 is 1.12 bits per heavy atom. The summed E-state index contributed by atoms with van der Waals surface area (Å²) in [5, 5.41) is 25.3. The van der Waals surface area contributed by atoms with Gasteiger partial charge >= 0.3 is 25.1 Å². The smallest absolute Gasteiger partial charge is 0.374 e. The van der Waals surface area contributed by atoms with E-state index >= 15 is 0 Å². The summed E-state index contributed by atoms with van der Waals surface area (Å²) in [5.41, 5.74) is 32.8. The van der Waals surface area contributed by atoms with Gasteiger partial charge in [-0.3, -0.25) is 33.1 Å². The van der Waals surface area contributed by atoms with Crippen LogP contribution >= 0.6 is 8.60 Å². The second-order valence-corrected chi connectivity index (χ2v) is 25.1. The molecule has 33 heteroatoms. The van der Waals surface area contributed by atoms with E-state index in [1.807, 2.05) is 20.8 Å². The third-order valence-electron chi connectivity index (χ3n) is 17.8. The zero-order valence-electron chi connectivity index (χ0n) is 57.0. The predicted molar refractivity (Wildman–Crippen MR) is 377 cm³/mol. The van der Waals surface area contributed by atoms with Crippen molar-refractivity contribution in [1.29, 1.82) is 5.39 Å². The normalized spacial score (nSPS) is 17.1. The number of hydroxylamine groups is 3. The number of nitrogens with one attached hydrogen (secondary N) is 1. The fraction of sp³-hybridized carbons (Fsp3) is 0.324. The monoisotopic (exact) mass is 1430 g/mol. The number of aromatic nitrogens is 4. The zero-order chi connectivity index (χ0) is 73.7. The van der Waals surface area contributed by atoms with Crippen LogP contribution in [0.4, 0.5) is 5.82 Å². The van der Waals surface area contributed by atoms with Gasteiger partial charge in [-0.2, -0.15) is 14.2 Å². The number of azide groups is 3. The number of quaternary nitrogens is 1. The van der Waals surface area contributed by atoms with E-state index in [0.29, 0.717) is 74.3 Å². The van der Waals surface area contributed by atoms with Gasteiger partial charge in [0, 0.05) is 78.9 Å². The van der Waals surface area contributed by atoms with Crippen molar-refractivity contribution in [3.8, 4) is 0 Å². The minimum Gasteiger partial charge on any atom is -0.374 e. The Hall–Kier alpha value is -11.4. The molecule has 32 nitrogen and oxygen atoms in total. The Bertz CT molecular complexity index is 4820. The number of hydrogen-bond acceptors (Lipinski definition) is 19. The molecule has 533 valence electrons. The second kappa shape index (κ2) is 36.0. The maximum absolute atomic E-state index is 14.8. The molecule has 8 aromatic rings. The molecule has 2 fully saturated rings. The van der Waals surface area contributed by atoms with Crippen molar-refractivity contribution in [2.75, 3.05) is 38.2 Å². The minimum absolute atomic E-state index is 0.000695. The van der Waals surface area contributed by atoms with Gasteiger partial charge in [0.15, 0.2) is 18.1 Å². The molecule has 6 aromatic carbocycles. The molecule has 2 aliphatic rings. The molecule has 4 heterocycles. The van der Waals surface area contributed by atoms with Gasteiger partial charge in [-0.15, -0.1) is 4.62 Å². The van der Waals surface area contributed by atoms with Crippen LogP contribution in [0.3, 0.4) is 0 Å². The number of carbonyl (C=O) groups is 4. The number of amides is 1. The fourth-order valence-electron chi connectivity index (χ4n) is 12.0. The van der Waals surface area contributed by atoms with Crippen LogP contribution in [0.25, 0.3) is 36.4 Å². The molecule has 0 spiro atoms. The van der Waals surface area contributed by atoms with Crippen LogP contribution in [0, 0.1) is 12.3 Å². The van der Waals surface area contributed by atoms with Crippen molar-refractivity contribution in [1.82, 2.24) is 24.1 Å². The topological polar surface area (TPSA) is 412 Å². The molecule has 1 amide bonds. The van der Waals surface area contributed by atoms with E-state index in [1.165, 1.54) is 36.0 Å². The quantitative estimate of drug-likeness (QED) is 0.00572. The maximum atomic E-state index is 14.8. The Balaban J connectivity index is 0.943. The Morgan fingerprint density at radius 1 is 0.625 bits per heavy atom. The second-order valence-electron chi connectivity index (χ2n) is 24.0. The number of hydrogen-bond donors (Lipinski definition) is 1. The minimum atomic E-state index is -2.48. The molecule has 0 saturated carbocycles. The first-order chi connectivity index (χ1) is 50.5. The SMILES string of the molecule is CC[N+](CC)(CC)OP(OC[C@H]1O[C@@H](n2ccc(NC(=O)c3ccccc3CN=[N+]=[N-])nc2=O)C[C@@H]1OCc1ccc(C(=O)c2ccccc2CN=[N+]=[N-])cc1)O[C@H]1C[C@H](n2cc(C)c(=O)n(C(=O)c3ccccc3CN=[N+]=[N-])c2=O)O[C@@H]1COCc1ccc(C(=O)c2ccccc2C[N][N+]#N)cc1. The average molecular weight is 1430 g/mol. The lowest BCUT2D eigenvalue weighted by atomic mass is 9.98. The predicted octanol–water partition coefficient (Wildman–Crippen LogP) is 12.1. The highest BCUT2D eigenvalue weighted by atomic mass is 31.2. The highest BCUT2D eigenvalue weighted by Gasteiger charge is 2.45. The highest BCUT2D eigenvalue weighted by molar-refractivity contribution is 7.41. The van der Waals surface area contributed by atoms with Crippen molar-refractivity contribution < 1.29 is 56.4 Å². The molecule has 7 atom stereocenters. The number of benzene rings is 6. The molecule has 104 heavy (non-hydrogen) atoms. The summed E-state index contributed by atoms with van der Waals surface area (Å²) in [6, 6.07) is 41.3. The molecule has 2 saturated heterocycles. The van der Waals surface area contributed by atoms with Crippen LogP contribution in [-0.4, -0.2) is 104 Å². The van der Waals surface area contributed by atoms with Gasteiger partial charge in [0.25, 0.3) is 22.8 Å². The van der Waals surface area contributed by atoms with Crippen LogP contribution < -0.4 is 27.7 Å². The number of anilines is 1. The molecule has 0 bridgehead atoms. The van der Waals surface area contributed by atoms with Gasteiger partial charge in [-0.25, -0.2) is 9.59 Å². The van der Waals surface area contributed by atoms with Gasteiger partial charge < -0.3 is 33.3 Å². The van der Waals surface area contributed by atoms with Gasteiger partial charge in [-0.1, -0.05) is 149 Å². The first-order valence-corrected chi connectivity index (χ1v) is 34.2.